The molecule has 1 aromatic heterocycles. The highest BCUT2D eigenvalue weighted by Gasteiger charge is 2.16. The second kappa shape index (κ2) is 8.39. The zero-order valence-corrected chi connectivity index (χ0v) is 15.8. The molecule has 0 aliphatic heterocycles. The molecule has 148 valence electrons. The molecule has 29 heavy (non-hydrogen) atoms. The summed E-state index contributed by atoms with van der Waals surface area (Å²) >= 11 is 0. The number of fused-ring (bicyclic) bond motifs is 1. The number of rotatable bonds is 5. The van der Waals surface area contributed by atoms with Crippen LogP contribution in [0.2, 0.25) is 0 Å². The Morgan fingerprint density at radius 2 is 1.86 bits per heavy atom. The Hall–Kier alpha value is -3.94. The van der Waals surface area contributed by atoms with Gasteiger partial charge in [-0.1, -0.05) is 17.7 Å². The molecule has 1 heterocycles. The molecule has 8 nitrogen and oxygen atoms in total. The van der Waals surface area contributed by atoms with Crippen molar-refractivity contribution in [1.29, 1.82) is 0 Å². The quantitative estimate of drug-likeness (QED) is 0.642. The first-order valence-corrected chi connectivity index (χ1v) is 8.71. The first kappa shape index (κ1) is 19.8. The molecule has 0 saturated carbocycles. The first-order valence-electron chi connectivity index (χ1n) is 8.71. The van der Waals surface area contributed by atoms with Gasteiger partial charge in [-0.3, -0.25) is 14.4 Å². The Kier molecular flexibility index (Phi) is 5.73. The smallest absolute Gasteiger partial charge is 0.374 e. The van der Waals surface area contributed by atoms with Gasteiger partial charge in [0.25, 0.3) is 11.8 Å². The van der Waals surface area contributed by atoms with Crippen LogP contribution in [-0.2, 0) is 9.53 Å². The second-order valence-electron chi connectivity index (χ2n) is 6.26. The molecule has 3 aromatic rings. The van der Waals surface area contributed by atoms with Gasteiger partial charge in [0, 0.05) is 24.4 Å². The van der Waals surface area contributed by atoms with Crippen LogP contribution in [0.3, 0.4) is 0 Å². The van der Waals surface area contributed by atoms with E-state index in [1.807, 2.05) is 6.92 Å². The average molecular weight is 394 g/mol. The molecule has 8 heteroatoms. The van der Waals surface area contributed by atoms with E-state index in [-0.39, 0.29) is 22.7 Å². The number of amides is 2. The molecule has 0 bridgehead atoms. The lowest BCUT2D eigenvalue weighted by atomic mass is 10.1. The third-order valence-electron chi connectivity index (χ3n) is 4.05. The first-order chi connectivity index (χ1) is 13.9. The summed E-state index contributed by atoms with van der Waals surface area (Å²) in [5.74, 6) is -2.13. The number of aryl methyl sites for hydroxylation is 1. The minimum absolute atomic E-state index is 0.255. The molecule has 0 aliphatic rings. The summed E-state index contributed by atoms with van der Waals surface area (Å²) < 4.78 is 10.3. The number of ether oxygens (including phenoxy) is 1. The standard InChI is InChI=1S/C21H18N2O6/c1-12-6-7-17-15(8-12)16(24)10-18(29-17)21(27)28-11-19(25)23-14-5-3-4-13(9-14)20(26)22-2/h3-10H,11H2,1-2H3,(H,22,26)(H,23,25). The zero-order valence-electron chi connectivity index (χ0n) is 15.8. The molecular weight excluding hydrogens is 376 g/mol. The van der Waals surface area contributed by atoms with E-state index in [0.717, 1.165) is 11.6 Å². The van der Waals surface area contributed by atoms with Crippen LogP contribution in [0.4, 0.5) is 5.69 Å². The molecule has 3 rings (SSSR count). The molecule has 2 amide bonds. The minimum Gasteiger partial charge on any atom is -0.450 e. The summed E-state index contributed by atoms with van der Waals surface area (Å²) in [5, 5.41) is 5.37. The van der Waals surface area contributed by atoms with E-state index in [9.17, 15) is 19.2 Å². The predicted molar refractivity (Wildman–Crippen MR) is 106 cm³/mol. The van der Waals surface area contributed by atoms with Gasteiger partial charge in [-0.25, -0.2) is 4.79 Å². The number of carbonyl (C=O) groups excluding carboxylic acids is 3. The van der Waals surface area contributed by atoms with Crippen LogP contribution in [0.15, 0.2) is 57.7 Å². The number of hydrogen-bond donors (Lipinski definition) is 2. The van der Waals surface area contributed by atoms with Crippen LogP contribution in [0, 0.1) is 6.92 Å². The number of esters is 1. The van der Waals surface area contributed by atoms with E-state index < -0.39 is 18.5 Å². The summed E-state index contributed by atoms with van der Waals surface area (Å²) in [6, 6.07) is 12.3. The normalized spacial score (nSPS) is 10.4. The molecule has 0 saturated heterocycles. The summed E-state index contributed by atoms with van der Waals surface area (Å²) in [5.41, 5.74) is 1.51. The largest absolute Gasteiger partial charge is 0.450 e. The Balaban J connectivity index is 1.65. The summed E-state index contributed by atoms with van der Waals surface area (Å²) in [6.45, 7) is 1.25. The van der Waals surface area contributed by atoms with Crippen LogP contribution >= 0.6 is 0 Å². The lowest BCUT2D eigenvalue weighted by molar-refractivity contribution is -0.119. The fourth-order valence-electron chi connectivity index (χ4n) is 2.65. The molecule has 2 N–H and O–H groups in total. The van der Waals surface area contributed by atoms with Crippen LogP contribution in [0.25, 0.3) is 11.0 Å². The van der Waals surface area contributed by atoms with E-state index >= 15 is 0 Å². The lowest BCUT2D eigenvalue weighted by Crippen LogP contribution is -2.22. The number of anilines is 1. The predicted octanol–water partition coefficient (Wildman–Crippen LogP) is 2.26. The number of nitrogens with one attached hydrogen (secondary N) is 2. The molecule has 0 spiro atoms. The number of carbonyl (C=O) groups is 3. The van der Waals surface area contributed by atoms with Crippen molar-refractivity contribution in [2.75, 3.05) is 19.0 Å². The van der Waals surface area contributed by atoms with E-state index in [1.54, 1.807) is 36.4 Å². The van der Waals surface area contributed by atoms with Gasteiger partial charge in [-0.2, -0.15) is 0 Å². The van der Waals surface area contributed by atoms with E-state index in [2.05, 4.69) is 10.6 Å². The topological polar surface area (TPSA) is 115 Å². The Morgan fingerprint density at radius 3 is 2.62 bits per heavy atom. The van der Waals surface area contributed by atoms with Gasteiger partial charge in [0.2, 0.25) is 5.76 Å². The lowest BCUT2D eigenvalue weighted by Gasteiger charge is -2.08. The number of benzene rings is 2. The van der Waals surface area contributed by atoms with Gasteiger partial charge in [0.1, 0.15) is 5.58 Å². The third kappa shape index (κ3) is 4.67. The highest BCUT2D eigenvalue weighted by atomic mass is 16.5. The van der Waals surface area contributed by atoms with Crippen molar-refractivity contribution >= 4 is 34.4 Å². The van der Waals surface area contributed by atoms with Crippen LogP contribution < -0.4 is 16.1 Å². The maximum Gasteiger partial charge on any atom is 0.374 e. The Morgan fingerprint density at radius 1 is 1.07 bits per heavy atom. The minimum atomic E-state index is -0.932. The maximum atomic E-state index is 12.2. The molecule has 0 fully saturated rings. The summed E-state index contributed by atoms with van der Waals surface area (Å²) in [7, 11) is 1.50. The fraction of sp³-hybridized carbons (Fsp3) is 0.143. The van der Waals surface area contributed by atoms with Crippen LogP contribution in [0.1, 0.15) is 26.5 Å². The van der Waals surface area contributed by atoms with Crippen molar-refractivity contribution in [3.05, 3.63) is 75.6 Å². The Labute approximate surface area is 165 Å². The molecule has 0 aliphatic carbocycles. The third-order valence-corrected chi connectivity index (χ3v) is 4.05. The van der Waals surface area contributed by atoms with Crippen molar-refractivity contribution in [3.63, 3.8) is 0 Å². The Bertz CT molecular complexity index is 1170. The van der Waals surface area contributed by atoms with E-state index in [1.165, 1.54) is 13.1 Å². The highest BCUT2D eigenvalue weighted by molar-refractivity contribution is 5.98. The van der Waals surface area contributed by atoms with Crippen LogP contribution in [-0.4, -0.2) is 31.4 Å². The fourth-order valence-corrected chi connectivity index (χ4v) is 2.65. The van der Waals surface area contributed by atoms with E-state index in [0.29, 0.717) is 16.6 Å². The van der Waals surface area contributed by atoms with Crippen molar-refractivity contribution < 1.29 is 23.5 Å². The zero-order chi connectivity index (χ0) is 21.0. The van der Waals surface area contributed by atoms with Crippen LogP contribution in [0.5, 0.6) is 0 Å². The molecule has 0 radical (unpaired) electrons. The molecular formula is C21H18N2O6. The second-order valence-corrected chi connectivity index (χ2v) is 6.26. The summed E-state index contributed by atoms with van der Waals surface area (Å²) in [4.78, 5) is 48.0. The maximum absolute atomic E-state index is 12.2. The van der Waals surface area contributed by atoms with Crippen molar-refractivity contribution in [3.8, 4) is 0 Å². The molecule has 2 aromatic carbocycles. The average Bonchev–Trinajstić information content (AvgIpc) is 2.72. The van der Waals surface area contributed by atoms with Crippen molar-refractivity contribution in [2.24, 2.45) is 0 Å². The highest BCUT2D eigenvalue weighted by Crippen LogP contribution is 2.15. The van der Waals surface area contributed by atoms with E-state index in [4.69, 9.17) is 9.15 Å². The van der Waals surface area contributed by atoms with Gasteiger partial charge in [-0.05, 0) is 37.3 Å². The SMILES string of the molecule is CNC(=O)c1cccc(NC(=O)COC(=O)c2cc(=O)c3cc(C)ccc3o2)c1. The van der Waals surface area contributed by atoms with Gasteiger partial charge in [0.15, 0.2) is 12.0 Å². The van der Waals surface area contributed by atoms with Gasteiger partial charge < -0.3 is 19.8 Å². The van der Waals surface area contributed by atoms with Gasteiger partial charge in [0.05, 0.1) is 5.39 Å². The summed E-state index contributed by atoms with van der Waals surface area (Å²) in [6.07, 6.45) is 0. The number of hydrogen-bond acceptors (Lipinski definition) is 6. The van der Waals surface area contributed by atoms with Gasteiger partial charge in [-0.15, -0.1) is 0 Å². The van der Waals surface area contributed by atoms with Crippen molar-refractivity contribution in [2.45, 2.75) is 6.92 Å². The van der Waals surface area contributed by atoms with Crippen molar-refractivity contribution in [1.82, 2.24) is 5.32 Å². The van der Waals surface area contributed by atoms with Gasteiger partial charge >= 0.3 is 5.97 Å². The monoisotopic (exact) mass is 394 g/mol. The molecule has 0 atom stereocenters. The molecule has 0 unspecified atom stereocenters.